The highest BCUT2D eigenvalue weighted by atomic mass is 16.2. The van der Waals surface area contributed by atoms with E-state index in [1.54, 1.807) is 7.05 Å². The van der Waals surface area contributed by atoms with Crippen LogP contribution in [-0.2, 0) is 16.0 Å². The standard InChI is InChI=1S/C16H25N3O2/c1-16(2,3)18-14(20)11-19(4)15(21)13(17)10-12-8-6-5-7-9-12/h5-9,13H,10-11,17H2,1-4H3,(H,18,20)/t13-/m0/s1. The number of benzene rings is 1. The largest absolute Gasteiger partial charge is 0.350 e. The fourth-order valence-electron chi connectivity index (χ4n) is 1.99. The summed E-state index contributed by atoms with van der Waals surface area (Å²) < 4.78 is 0. The highest BCUT2D eigenvalue weighted by Crippen LogP contribution is 2.04. The smallest absolute Gasteiger partial charge is 0.240 e. The highest BCUT2D eigenvalue weighted by molar-refractivity contribution is 5.87. The monoisotopic (exact) mass is 291 g/mol. The average molecular weight is 291 g/mol. The van der Waals surface area contributed by atoms with Gasteiger partial charge in [-0.15, -0.1) is 0 Å². The van der Waals surface area contributed by atoms with Crippen molar-refractivity contribution in [3.8, 4) is 0 Å². The molecule has 1 atom stereocenters. The van der Waals surface area contributed by atoms with Gasteiger partial charge in [-0.1, -0.05) is 30.3 Å². The van der Waals surface area contributed by atoms with Crippen LogP contribution >= 0.6 is 0 Å². The summed E-state index contributed by atoms with van der Waals surface area (Å²) in [6.07, 6.45) is 0.463. The van der Waals surface area contributed by atoms with E-state index in [1.165, 1.54) is 4.90 Å². The third-order valence-electron chi connectivity index (χ3n) is 2.89. The van der Waals surface area contributed by atoms with Crippen LogP contribution < -0.4 is 11.1 Å². The van der Waals surface area contributed by atoms with Gasteiger partial charge in [0.05, 0.1) is 12.6 Å². The number of nitrogens with zero attached hydrogens (tertiary/aromatic N) is 1. The lowest BCUT2D eigenvalue weighted by molar-refractivity contribution is -0.136. The molecule has 0 saturated heterocycles. The van der Waals surface area contributed by atoms with Crippen LogP contribution in [-0.4, -0.2) is 41.9 Å². The van der Waals surface area contributed by atoms with E-state index in [0.717, 1.165) is 5.56 Å². The Bertz CT molecular complexity index is 480. The minimum atomic E-state index is -0.639. The maximum Gasteiger partial charge on any atom is 0.240 e. The van der Waals surface area contributed by atoms with Gasteiger partial charge in [0.25, 0.3) is 0 Å². The second-order valence-corrected chi connectivity index (χ2v) is 6.29. The minimum Gasteiger partial charge on any atom is -0.350 e. The zero-order valence-electron chi connectivity index (χ0n) is 13.2. The van der Waals surface area contributed by atoms with Crippen molar-refractivity contribution in [1.82, 2.24) is 10.2 Å². The quantitative estimate of drug-likeness (QED) is 0.847. The van der Waals surface area contributed by atoms with E-state index in [4.69, 9.17) is 5.73 Å². The molecule has 5 nitrogen and oxygen atoms in total. The van der Waals surface area contributed by atoms with Crippen LogP contribution in [0, 0.1) is 0 Å². The normalized spacial score (nSPS) is 12.6. The number of nitrogens with one attached hydrogen (secondary N) is 1. The highest BCUT2D eigenvalue weighted by Gasteiger charge is 2.22. The van der Waals surface area contributed by atoms with Crippen LogP contribution in [0.5, 0.6) is 0 Å². The molecule has 0 aliphatic carbocycles. The molecule has 0 saturated carbocycles. The fraction of sp³-hybridized carbons (Fsp3) is 0.500. The second kappa shape index (κ2) is 7.22. The summed E-state index contributed by atoms with van der Waals surface area (Å²) in [6.45, 7) is 5.70. The Kier molecular flexibility index (Phi) is 5.90. The van der Waals surface area contributed by atoms with Gasteiger partial charge in [0.2, 0.25) is 11.8 Å². The lowest BCUT2D eigenvalue weighted by Gasteiger charge is -2.25. The van der Waals surface area contributed by atoms with Gasteiger partial charge in [-0.2, -0.15) is 0 Å². The Morgan fingerprint density at radius 3 is 2.33 bits per heavy atom. The van der Waals surface area contributed by atoms with Crippen molar-refractivity contribution in [1.29, 1.82) is 0 Å². The van der Waals surface area contributed by atoms with Crippen molar-refractivity contribution in [2.24, 2.45) is 5.73 Å². The number of rotatable bonds is 5. The summed E-state index contributed by atoms with van der Waals surface area (Å²) in [5.41, 5.74) is 6.62. The Hall–Kier alpha value is -1.88. The molecule has 1 rings (SSSR count). The third kappa shape index (κ3) is 6.40. The van der Waals surface area contributed by atoms with Crippen LogP contribution in [0.1, 0.15) is 26.3 Å². The lowest BCUT2D eigenvalue weighted by Crippen LogP contribution is -2.49. The van der Waals surface area contributed by atoms with Gasteiger partial charge < -0.3 is 16.0 Å². The number of carbonyl (C=O) groups is 2. The number of amides is 2. The van der Waals surface area contributed by atoms with Crippen LogP contribution in [0.4, 0.5) is 0 Å². The molecule has 21 heavy (non-hydrogen) atoms. The number of hydrogen-bond donors (Lipinski definition) is 2. The molecule has 0 bridgehead atoms. The summed E-state index contributed by atoms with van der Waals surface area (Å²) in [7, 11) is 1.59. The zero-order chi connectivity index (χ0) is 16.0. The van der Waals surface area contributed by atoms with Crippen molar-refractivity contribution in [3.05, 3.63) is 35.9 Å². The first-order valence-electron chi connectivity index (χ1n) is 7.04. The fourth-order valence-corrected chi connectivity index (χ4v) is 1.99. The number of carbonyl (C=O) groups excluding carboxylic acids is 2. The maximum atomic E-state index is 12.2. The molecule has 0 fully saturated rings. The lowest BCUT2D eigenvalue weighted by atomic mass is 10.1. The van der Waals surface area contributed by atoms with E-state index >= 15 is 0 Å². The number of nitrogens with two attached hydrogens (primary N) is 1. The van der Waals surface area contributed by atoms with Crippen molar-refractivity contribution in [2.75, 3.05) is 13.6 Å². The van der Waals surface area contributed by atoms with Gasteiger partial charge >= 0.3 is 0 Å². The number of likely N-dealkylation sites (N-methyl/N-ethyl adjacent to an activating group) is 1. The van der Waals surface area contributed by atoms with Gasteiger partial charge in [-0.05, 0) is 32.8 Å². The predicted molar refractivity (Wildman–Crippen MR) is 83.7 cm³/mol. The van der Waals surface area contributed by atoms with Crippen LogP contribution in [0.3, 0.4) is 0 Å². The summed E-state index contributed by atoms with van der Waals surface area (Å²) >= 11 is 0. The summed E-state index contributed by atoms with van der Waals surface area (Å²) in [4.78, 5) is 25.3. The maximum absolute atomic E-state index is 12.2. The third-order valence-corrected chi connectivity index (χ3v) is 2.89. The van der Waals surface area contributed by atoms with Gasteiger partial charge in [-0.3, -0.25) is 9.59 Å². The van der Waals surface area contributed by atoms with Crippen molar-refractivity contribution >= 4 is 11.8 Å². The van der Waals surface area contributed by atoms with E-state index in [2.05, 4.69) is 5.32 Å². The molecule has 5 heteroatoms. The first-order chi connectivity index (χ1) is 9.69. The Morgan fingerprint density at radius 2 is 1.81 bits per heavy atom. The molecule has 1 aromatic rings. The first-order valence-corrected chi connectivity index (χ1v) is 7.04. The van der Waals surface area contributed by atoms with Crippen LogP contribution in [0.25, 0.3) is 0 Å². The predicted octanol–water partition coefficient (Wildman–Crippen LogP) is 0.930. The Balaban J connectivity index is 2.52. The SMILES string of the molecule is CN(CC(=O)NC(C)(C)C)C(=O)[C@@H](N)Cc1ccccc1. The van der Waals surface area contributed by atoms with E-state index < -0.39 is 6.04 Å². The van der Waals surface area contributed by atoms with Crippen LogP contribution in [0.15, 0.2) is 30.3 Å². The molecule has 0 aromatic heterocycles. The molecule has 0 spiro atoms. The minimum absolute atomic E-state index is 0.0125. The van der Waals surface area contributed by atoms with E-state index in [1.807, 2.05) is 51.1 Å². The average Bonchev–Trinajstić information content (AvgIpc) is 2.36. The molecule has 0 heterocycles. The summed E-state index contributed by atoms with van der Waals surface area (Å²) in [6, 6.07) is 8.96. The molecule has 0 aliphatic rings. The van der Waals surface area contributed by atoms with Gasteiger partial charge in [0.1, 0.15) is 0 Å². The molecule has 0 radical (unpaired) electrons. The molecular formula is C16H25N3O2. The van der Waals surface area contributed by atoms with Crippen LogP contribution in [0.2, 0.25) is 0 Å². The Morgan fingerprint density at radius 1 is 1.24 bits per heavy atom. The molecule has 1 aromatic carbocycles. The molecule has 116 valence electrons. The zero-order valence-corrected chi connectivity index (χ0v) is 13.2. The molecule has 2 amide bonds. The van der Waals surface area contributed by atoms with Crippen molar-refractivity contribution < 1.29 is 9.59 Å². The Labute approximate surface area is 126 Å². The van der Waals surface area contributed by atoms with Crippen molar-refractivity contribution in [2.45, 2.75) is 38.8 Å². The van der Waals surface area contributed by atoms with E-state index in [0.29, 0.717) is 6.42 Å². The summed E-state index contributed by atoms with van der Waals surface area (Å²) in [5, 5.41) is 2.82. The van der Waals surface area contributed by atoms with Gasteiger partial charge in [0.15, 0.2) is 0 Å². The topological polar surface area (TPSA) is 75.4 Å². The molecule has 3 N–H and O–H groups in total. The van der Waals surface area contributed by atoms with Gasteiger partial charge in [0, 0.05) is 12.6 Å². The van der Waals surface area contributed by atoms with E-state index in [-0.39, 0.29) is 23.9 Å². The van der Waals surface area contributed by atoms with Crippen molar-refractivity contribution in [3.63, 3.8) is 0 Å². The first kappa shape index (κ1) is 17.2. The van der Waals surface area contributed by atoms with E-state index in [9.17, 15) is 9.59 Å². The molecule has 0 aliphatic heterocycles. The second-order valence-electron chi connectivity index (χ2n) is 6.29. The van der Waals surface area contributed by atoms with Gasteiger partial charge in [-0.25, -0.2) is 0 Å². The number of hydrogen-bond acceptors (Lipinski definition) is 3. The molecular weight excluding hydrogens is 266 g/mol. The molecule has 0 unspecified atom stereocenters. The summed E-state index contributed by atoms with van der Waals surface area (Å²) in [5.74, 6) is -0.423.